The fraction of sp³-hybridized carbons (Fsp3) is 0.632. The first-order chi connectivity index (χ1) is 10.0. The molecule has 0 saturated heterocycles. The van der Waals surface area contributed by atoms with Crippen molar-refractivity contribution >= 4 is 11.6 Å². The molecule has 1 saturated carbocycles. The lowest BCUT2D eigenvalue weighted by atomic mass is 9.70. The lowest BCUT2D eigenvalue weighted by Gasteiger charge is -2.36. The van der Waals surface area contributed by atoms with Gasteiger partial charge in [0.05, 0.1) is 0 Å². The molecular weight excluding hydrogens is 258 g/mol. The zero-order valence-corrected chi connectivity index (χ0v) is 13.9. The van der Waals surface area contributed by atoms with Gasteiger partial charge in [0.2, 0.25) is 5.91 Å². The van der Waals surface area contributed by atoms with E-state index in [1.165, 1.54) is 18.4 Å². The van der Waals surface area contributed by atoms with E-state index in [4.69, 9.17) is 0 Å². The Morgan fingerprint density at radius 1 is 1.24 bits per heavy atom. The number of nitrogens with one attached hydrogen (secondary N) is 1. The SMILES string of the molecule is CCc1ccc(NC(=O)[C@@H]2C[C@H](C)CC[C@H]2C(C)C)cc1. The standard InChI is InChI=1S/C19H29NO/c1-5-15-7-9-16(10-8-15)20-19(21)18-12-14(4)6-11-17(18)13(2)3/h7-10,13-14,17-18H,5-6,11-12H2,1-4H3,(H,20,21)/t14-,17+,18-/m1/s1. The molecule has 1 N–H and O–H groups in total. The topological polar surface area (TPSA) is 29.1 Å². The number of rotatable bonds is 4. The first kappa shape index (κ1) is 16.1. The van der Waals surface area contributed by atoms with Crippen molar-refractivity contribution in [1.29, 1.82) is 0 Å². The highest BCUT2D eigenvalue weighted by molar-refractivity contribution is 5.92. The number of anilines is 1. The van der Waals surface area contributed by atoms with Crippen LogP contribution in [-0.2, 0) is 11.2 Å². The van der Waals surface area contributed by atoms with Gasteiger partial charge in [-0.1, -0.05) is 46.2 Å². The number of hydrogen-bond donors (Lipinski definition) is 1. The van der Waals surface area contributed by atoms with Gasteiger partial charge < -0.3 is 5.32 Å². The van der Waals surface area contributed by atoms with Crippen molar-refractivity contribution in [3.8, 4) is 0 Å². The second kappa shape index (κ2) is 7.11. The highest BCUT2D eigenvalue weighted by Gasteiger charge is 2.35. The average Bonchev–Trinajstić information content (AvgIpc) is 2.47. The summed E-state index contributed by atoms with van der Waals surface area (Å²) in [5, 5.41) is 3.13. The van der Waals surface area contributed by atoms with Gasteiger partial charge in [0.15, 0.2) is 0 Å². The van der Waals surface area contributed by atoms with E-state index in [1.807, 2.05) is 12.1 Å². The van der Waals surface area contributed by atoms with Crippen molar-refractivity contribution in [1.82, 2.24) is 0 Å². The summed E-state index contributed by atoms with van der Waals surface area (Å²) in [7, 11) is 0. The van der Waals surface area contributed by atoms with Crippen LogP contribution in [0.1, 0.15) is 52.5 Å². The van der Waals surface area contributed by atoms with Gasteiger partial charge in [-0.2, -0.15) is 0 Å². The van der Waals surface area contributed by atoms with Crippen LogP contribution >= 0.6 is 0 Å². The zero-order chi connectivity index (χ0) is 15.4. The van der Waals surface area contributed by atoms with E-state index in [9.17, 15) is 4.79 Å². The molecule has 1 amide bonds. The lowest BCUT2D eigenvalue weighted by Crippen LogP contribution is -2.36. The summed E-state index contributed by atoms with van der Waals surface area (Å²) in [6.45, 7) is 8.91. The van der Waals surface area contributed by atoms with E-state index >= 15 is 0 Å². The van der Waals surface area contributed by atoms with Crippen LogP contribution in [0.25, 0.3) is 0 Å². The Morgan fingerprint density at radius 2 is 1.90 bits per heavy atom. The van der Waals surface area contributed by atoms with Crippen molar-refractivity contribution in [2.24, 2.45) is 23.7 Å². The molecule has 0 aliphatic heterocycles. The number of benzene rings is 1. The zero-order valence-electron chi connectivity index (χ0n) is 13.9. The molecule has 2 rings (SSSR count). The fourth-order valence-electron chi connectivity index (χ4n) is 3.56. The van der Waals surface area contributed by atoms with Crippen LogP contribution in [0.2, 0.25) is 0 Å². The smallest absolute Gasteiger partial charge is 0.227 e. The summed E-state index contributed by atoms with van der Waals surface area (Å²) >= 11 is 0. The number of carbonyl (C=O) groups is 1. The minimum Gasteiger partial charge on any atom is -0.326 e. The molecule has 21 heavy (non-hydrogen) atoms. The third-order valence-corrected chi connectivity index (χ3v) is 4.99. The molecular formula is C19H29NO. The lowest BCUT2D eigenvalue weighted by molar-refractivity contribution is -0.123. The molecule has 1 aliphatic rings. The van der Waals surface area contributed by atoms with Crippen molar-refractivity contribution in [2.75, 3.05) is 5.32 Å². The molecule has 0 unspecified atom stereocenters. The normalized spacial score (nSPS) is 25.9. The summed E-state index contributed by atoms with van der Waals surface area (Å²) < 4.78 is 0. The molecule has 0 heterocycles. The second-order valence-electron chi connectivity index (χ2n) is 6.97. The maximum Gasteiger partial charge on any atom is 0.227 e. The maximum absolute atomic E-state index is 12.7. The number of carbonyl (C=O) groups excluding carboxylic acids is 1. The van der Waals surface area contributed by atoms with E-state index in [2.05, 4.69) is 45.1 Å². The van der Waals surface area contributed by atoms with Crippen LogP contribution in [0.4, 0.5) is 5.69 Å². The van der Waals surface area contributed by atoms with Crippen molar-refractivity contribution < 1.29 is 4.79 Å². The Morgan fingerprint density at radius 3 is 2.48 bits per heavy atom. The fourth-order valence-corrected chi connectivity index (χ4v) is 3.56. The highest BCUT2D eigenvalue weighted by atomic mass is 16.1. The Bertz CT molecular complexity index is 463. The van der Waals surface area contributed by atoms with E-state index in [1.54, 1.807) is 0 Å². The summed E-state index contributed by atoms with van der Waals surface area (Å²) in [4.78, 5) is 12.7. The van der Waals surface area contributed by atoms with Crippen LogP contribution in [0.3, 0.4) is 0 Å². The predicted octanol–water partition coefficient (Wildman–Crippen LogP) is 4.90. The molecule has 0 radical (unpaired) electrons. The van der Waals surface area contributed by atoms with Gasteiger partial charge in [0.25, 0.3) is 0 Å². The Hall–Kier alpha value is -1.31. The first-order valence-electron chi connectivity index (χ1n) is 8.41. The summed E-state index contributed by atoms with van der Waals surface area (Å²) in [5.41, 5.74) is 2.23. The van der Waals surface area contributed by atoms with Gasteiger partial charge in [-0.3, -0.25) is 4.79 Å². The number of aryl methyl sites for hydroxylation is 1. The first-order valence-corrected chi connectivity index (χ1v) is 8.41. The van der Waals surface area contributed by atoms with E-state index < -0.39 is 0 Å². The predicted molar refractivity (Wildman–Crippen MR) is 89.3 cm³/mol. The van der Waals surface area contributed by atoms with Gasteiger partial charge in [0.1, 0.15) is 0 Å². The molecule has 2 heteroatoms. The van der Waals surface area contributed by atoms with Crippen molar-refractivity contribution in [3.05, 3.63) is 29.8 Å². The Kier molecular flexibility index (Phi) is 5.44. The highest BCUT2D eigenvalue weighted by Crippen LogP contribution is 2.38. The Balaban J connectivity index is 2.05. The molecule has 1 fully saturated rings. The number of hydrogen-bond acceptors (Lipinski definition) is 1. The molecule has 1 aliphatic carbocycles. The van der Waals surface area contributed by atoms with Crippen molar-refractivity contribution in [3.63, 3.8) is 0 Å². The second-order valence-corrected chi connectivity index (χ2v) is 6.97. The molecule has 0 aromatic heterocycles. The third kappa shape index (κ3) is 4.09. The quantitative estimate of drug-likeness (QED) is 0.838. The minimum absolute atomic E-state index is 0.166. The molecule has 0 spiro atoms. The van der Waals surface area contributed by atoms with Gasteiger partial charge in [0, 0.05) is 11.6 Å². The summed E-state index contributed by atoms with van der Waals surface area (Å²) in [5.74, 6) is 2.15. The minimum atomic E-state index is 0.166. The summed E-state index contributed by atoms with van der Waals surface area (Å²) in [6.07, 6.45) is 4.51. The average molecular weight is 287 g/mol. The van der Waals surface area contributed by atoms with Gasteiger partial charge in [-0.25, -0.2) is 0 Å². The number of amides is 1. The monoisotopic (exact) mass is 287 g/mol. The van der Waals surface area contributed by atoms with Gasteiger partial charge >= 0.3 is 0 Å². The molecule has 116 valence electrons. The van der Waals surface area contributed by atoms with Crippen LogP contribution in [0.5, 0.6) is 0 Å². The van der Waals surface area contributed by atoms with E-state index in [-0.39, 0.29) is 11.8 Å². The van der Waals surface area contributed by atoms with Gasteiger partial charge in [-0.05, 0) is 54.7 Å². The van der Waals surface area contributed by atoms with Crippen LogP contribution in [0.15, 0.2) is 24.3 Å². The van der Waals surface area contributed by atoms with Crippen LogP contribution in [-0.4, -0.2) is 5.91 Å². The molecule has 1 aromatic carbocycles. The summed E-state index contributed by atoms with van der Waals surface area (Å²) in [6, 6.07) is 8.23. The van der Waals surface area contributed by atoms with Gasteiger partial charge in [-0.15, -0.1) is 0 Å². The molecule has 0 bridgehead atoms. The maximum atomic E-state index is 12.7. The Labute approximate surface area is 129 Å². The van der Waals surface area contributed by atoms with Crippen LogP contribution in [0, 0.1) is 23.7 Å². The van der Waals surface area contributed by atoms with E-state index in [0.29, 0.717) is 17.8 Å². The molecule has 3 atom stereocenters. The van der Waals surface area contributed by atoms with E-state index in [0.717, 1.165) is 18.5 Å². The largest absolute Gasteiger partial charge is 0.326 e. The van der Waals surface area contributed by atoms with Crippen LogP contribution < -0.4 is 5.32 Å². The van der Waals surface area contributed by atoms with Crippen molar-refractivity contribution in [2.45, 2.75) is 53.4 Å². The molecule has 2 nitrogen and oxygen atoms in total. The third-order valence-electron chi connectivity index (χ3n) is 4.99. The molecule has 1 aromatic rings.